The quantitative estimate of drug-likeness (QED) is 0.578. The van der Waals surface area contributed by atoms with E-state index in [4.69, 9.17) is 4.43 Å². The summed E-state index contributed by atoms with van der Waals surface area (Å²) >= 11 is 0. The normalized spacial score (nSPS) is 12.5. The van der Waals surface area contributed by atoms with Crippen molar-refractivity contribution in [2.24, 2.45) is 5.92 Å². The molecule has 0 amide bonds. The number of hydrogen-bond donors (Lipinski definition) is 0. The maximum Gasteiger partial charge on any atom is 0.186 e. The molecule has 74 valence electrons. The van der Waals surface area contributed by atoms with Gasteiger partial charge in [-0.15, -0.1) is 0 Å². The smallest absolute Gasteiger partial charge is 0.186 e. The van der Waals surface area contributed by atoms with E-state index in [0.717, 1.165) is 12.5 Å². The molecule has 0 bridgehead atoms. The second kappa shape index (κ2) is 5.76. The first-order valence-electron chi connectivity index (χ1n) is 5.12. The molecule has 0 saturated carbocycles. The Kier molecular flexibility index (Phi) is 5.84. The van der Waals surface area contributed by atoms with Gasteiger partial charge in [-0.05, 0) is 32.0 Å². The summed E-state index contributed by atoms with van der Waals surface area (Å²) in [5, 5.41) is 0. The molecule has 12 heavy (non-hydrogen) atoms. The third-order valence-corrected chi connectivity index (χ3v) is 4.72. The van der Waals surface area contributed by atoms with Gasteiger partial charge in [0.2, 0.25) is 0 Å². The van der Waals surface area contributed by atoms with Crippen LogP contribution in [0.4, 0.5) is 0 Å². The fourth-order valence-electron chi connectivity index (χ4n) is 1.40. The molecule has 0 heterocycles. The molecule has 0 aliphatic carbocycles. The van der Waals surface area contributed by atoms with Crippen LogP contribution in [0.1, 0.15) is 33.6 Å². The summed E-state index contributed by atoms with van der Waals surface area (Å²) in [5.74, 6) is 0.844. The minimum absolute atomic E-state index is 0.844. The summed E-state index contributed by atoms with van der Waals surface area (Å²) in [6.45, 7) is 12.2. The van der Waals surface area contributed by atoms with Crippen molar-refractivity contribution in [1.82, 2.24) is 0 Å². The molecule has 2 heteroatoms. The van der Waals surface area contributed by atoms with E-state index in [1.807, 2.05) is 0 Å². The molecule has 0 fully saturated rings. The lowest BCUT2D eigenvalue weighted by atomic mass is 10.1. The van der Waals surface area contributed by atoms with Crippen molar-refractivity contribution in [2.45, 2.75) is 52.8 Å². The lowest BCUT2D eigenvalue weighted by Crippen LogP contribution is -2.29. The van der Waals surface area contributed by atoms with Crippen LogP contribution >= 0.6 is 0 Å². The van der Waals surface area contributed by atoms with Crippen molar-refractivity contribution in [1.29, 1.82) is 0 Å². The molecule has 0 aromatic heterocycles. The Balaban J connectivity index is 3.46. The zero-order chi connectivity index (χ0) is 9.61. The Bertz CT molecular complexity index is 110. The molecule has 0 aromatic carbocycles. The van der Waals surface area contributed by atoms with Crippen molar-refractivity contribution in [2.75, 3.05) is 6.61 Å². The highest BCUT2D eigenvalue weighted by molar-refractivity contribution is 6.71. The molecule has 0 saturated heterocycles. The van der Waals surface area contributed by atoms with Crippen LogP contribution in [0, 0.1) is 5.92 Å². The molecule has 0 atom stereocenters. The predicted molar refractivity (Wildman–Crippen MR) is 58.0 cm³/mol. The second-order valence-electron chi connectivity index (χ2n) is 4.48. The Labute approximate surface area is 78.6 Å². The molecule has 0 aromatic rings. The molecule has 0 unspecified atom stereocenters. The fraction of sp³-hybridized carbons (Fsp3) is 1.00. The van der Waals surface area contributed by atoms with E-state index in [0.29, 0.717) is 0 Å². The van der Waals surface area contributed by atoms with Gasteiger partial charge in [-0.2, -0.15) is 0 Å². The lowest BCUT2D eigenvalue weighted by Gasteiger charge is -2.22. The van der Waals surface area contributed by atoms with E-state index >= 15 is 0 Å². The lowest BCUT2D eigenvalue weighted by molar-refractivity contribution is 0.327. The largest absolute Gasteiger partial charge is 0.418 e. The highest BCUT2D eigenvalue weighted by Crippen LogP contribution is 2.17. The van der Waals surface area contributed by atoms with Crippen LogP contribution in [0.2, 0.25) is 19.1 Å². The van der Waals surface area contributed by atoms with E-state index in [9.17, 15) is 0 Å². The average Bonchev–Trinajstić information content (AvgIpc) is 1.85. The highest BCUT2D eigenvalue weighted by Gasteiger charge is 2.20. The van der Waals surface area contributed by atoms with Crippen molar-refractivity contribution < 1.29 is 4.43 Å². The molecule has 0 N–H and O–H groups in total. The van der Waals surface area contributed by atoms with Crippen LogP contribution in [-0.2, 0) is 4.43 Å². The monoisotopic (exact) mass is 188 g/mol. The zero-order valence-corrected chi connectivity index (χ0v) is 10.3. The van der Waals surface area contributed by atoms with Gasteiger partial charge in [0.25, 0.3) is 0 Å². The third-order valence-electron chi connectivity index (χ3n) is 2.10. The molecule has 1 nitrogen and oxygen atoms in total. The SMILES string of the molecule is CCO[Si](C)(C)CCCC(C)C. The van der Waals surface area contributed by atoms with Crippen molar-refractivity contribution >= 4 is 8.32 Å². The number of rotatable bonds is 6. The Morgan fingerprint density at radius 1 is 1.25 bits per heavy atom. The zero-order valence-electron chi connectivity index (χ0n) is 9.31. The van der Waals surface area contributed by atoms with Gasteiger partial charge in [-0.3, -0.25) is 0 Å². The van der Waals surface area contributed by atoms with E-state index in [1.54, 1.807) is 0 Å². The summed E-state index contributed by atoms with van der Waals surface area (Å²) < 4.78 is 5.75. The minimum atomic E-state index is -1.27. The van der Waals surface area contributed by atoms with Crippen LogP contribution in [0.5, 0.6) is 0 Å². The van der Waals surface area contributed by atoms with Gasteiger partial charge in [-0.25, -0.2) is 0 Å². The van der Waals surface area contributed by atoms with Crippen LogP contribution in [-0.4, -0.2) is 14.9 Å². The van der Waals surface area contributed by atoms with E-state index in [2.05, 4.69) is 33.9 Å². The first-order valence-corrected chi connectivity index (χ1v) is 8.23. The molecular formula is C10H24OSi. The van der Waals surface area contributed by atoms with Gasteiger partial charge in [0, 0.05) is 6.61 Å². The summed E-state index contributed by atoms with van der Waals surface area (Å²) in [7, 11) is -1.27. The first kappa shape index (κ1) is 12.2. The standard InChI is InChI=1S/C10H24OSi/c1-6-11-12(4,5)9-7-8-10(2)3/h10H,6-9H2,1-5H3. The maximum atomic E-state index is 5.75. The van der Waals surface area contributed by atoms with Crippen molar-refractivity contribution in [3.8, 4) is 0 Å². The van der Waals surface area contributed by atoms with Gasteiger partial charge in [-0.1, -0.05) is 26.7 Å². The van der Waals surface area contributed by atoms with E-state index in [-0.39, 0.29) is 0 Å². The molecular weight excluding hydrogens is 164 g/mol. The predicted octanol–water partition coefficient (Wildman–Crippen LogP) is 3.66. The van der Waals surface area contributed by atoms with Gasteiger partial charge in [0.15, 0.2) is 8.32 Å². The topological polar surface area (TPSA) is 9.23 Å². The Morgan fingerprint density at radius 2 is 1.83 bits per heavy atom. The molecule has 0 spiro atoms. The summed E-state index contributed by atoms with van der Waals surface area (Å²) in [5.41, 5.74) is 0. The summed E-state index contributed by atoms with van der Waals surface area (Å²) in [6.07, 6.45) is 2.69. The average molecular weight is 188 g/mol. The first-order chi connectivity index (χ1) is 5.48. The van der Waals surface area contributed by atoms with Gasteiger partial charge in [0.1, 0.15) is 0 Å². The fourth-order valence-corrected chi connectivity index (χ4v) is 3.38. The maximum absolute atomic E-state index is 5.75. The van der Waals surface area contributed by atoms with Gasteiger partial charge < -0.3 is 4.43 Å². The van der Waals surface area contributed by atoms with E-state index in [1.165, 1.54) is 18.9 Å². The third kappa shape index (κ3) is 6.86. The Morgan fingerprint density at radius 3 is 2.25 bits per heavy atom. The van der Waals surface area contributed by atoms with Crippen LogP contribution in [0.3, 0.4) is 0 Å². The summed E-state index contributed by atoms with van der Waals surface area (Å²) in [6, 6.07) is 1.32. The summed E-state index contributed by atoms with van der Waals surface area (Å²) in [4.78, 5) is 0. The van der Waals surface area contributed by atoms with Crippen LogP contribution in [0.15, 0.2) is 0 Å². The van der Waals surface area contributed by atoms with Crippen molar-refractivity contribution in [3.63, 3.8) is 0 Å². The molecule has 0 aliphatic heterocycles. The van der Waals surface area contributed by atoms with Gasteiger partial charge in [0.05, 0.1) is 0 Å². The van der Waals surface area contributed by atoms with Crippen LogP contribution < -0.4 is 0 Å². The highest BCUT2D eigenvalue weighted by atomic mass is 28.4. The Hall–Kier alpha value is 0.177. The van der Waals surface area contributed by atoms with Crippen molar-refractivity contribution in [3.05, 3.63) is 0 Å². The minimum Gasteiger partial charge on any atom is -0.418 e. The van der Waals surface area contributed by atoms with Crippen LogP contribution in [0.25, 0.3) is 0 Å². The molecule has 0 rings (SSSR count). The number of hydrogen-bond acceptors (Lipinski definition) is 1. The molecule has 0 radical (unpaired) electrons. The van der Waals surface area contributed by atoms with Gasteiger partial charge >= 0.3 is 0 Å². The molecule has 0 aliphatic rings. The second-order valence-corrected chi connectivity index (χ2v) is 8.79. The van der Waals surface area contributed by atoms with E-state index < -0.39 is 8.32 Å².